The van der Waals surface area contributed by atoms with Crippen LogP contribution in [0.3, 0.4) is 0 Å². The summed E-state index contributed by atoms with van der Waals surface area (Å²) >= 11 is 0. The molecule has 0 saturated heterocycles. The van der Waals surface area contributed by atoms with E-state index in [9.17, 15) is 4.79 Å². The molecular formula is C13H17NO2. The number of amides is 1. The topological polar surface area (TPSA) is 38.3 Å². The number of carbonyl (C=O) groups is 1. The van der Waals surface area contributed by atoms with E-state index in [4.69, 9.17) is 4.74 Å². The molecule has 1 rings (SSSR count). The quantitative estimate of drug-likeness (QED) is 0.844. The van der Waals surface area contributed by atoms with Gasteiger partial charge in [-0.05, 0) is 37.6 Å². The number of methoxy groups -OCH3 is 1. The van der Waals surface area contributed by atoms with E-state index in [1.54, 1.807) is 25.3 Å². The summed E-state index contributed by atoms with van der Waals surface area (Å²) in [4.78, 5) is 11.8. The molecule has 0 fully saturated rings. The SMILES string of the molecule is C=Cc1cc(OC)cc(C(=O)NC(C)C)c1. The summed E-state index contributed by atoms with van der Waals surface area (Å²) in [5, 5.41) is 2.83. The van der Waals surface area contributed by atoms with Gasteiger partial charge in [0, 0.05) is 11.6 Å². The molecular weight excluding hydrogens is 202 g/mol. The molecule has 0 aliphatic rings. The molecule has 0 spiro atoms. The average molecular weight is 219 g/mol. The number of hydrogen-bond donors (Lipinski definition) is 1. The van der Waals surface area contributed by atoms with Gasteiger partial charge in [0.15, 0.2) is 0 Å². The fraction of sp³-hybridized carbons (Fsp3) is 0.308. The summed E-state index contributed by atoms with van der Waals surface area (Å²) in [5.41, 5.74) is 1.45. The zero-order chi connectivity index (χ0) is 12.1. The lowest BCUT2D eigenvalue weighted by molar-refractivity contribution is 0.0942. The van der Waals surface area contributed by atoms with E-state index in [2.05, 4.69) is 11.9 Å². The third kappa shape index (κ3) is 3.12. The van der Waals surface area contributed by atoms with Crippen molar-refractivity contribution in [1.29, 1.82) is 0 Å². The van der Waals surface area contributed by atoms with Gasteiger partial charge in [-0.2, -0.15) is 0 Å². The molecule has 0 bridgehead atoms. The third-order valence-corrected chi connectivity index (χ3v) is 2.08. The van der Waals surface area contributed by atoms with Crippen molar-refractivity contribution in [3.63, 3.8) is 0 Å². The van der Waals surface area contributed by atoms with E-state index in [1.165, 1.54) is 0 Å². The molecule has 1 N–H and O–H groups in total. The van der Waals surface area contributed by atoms with Crippen LogP contribution in [-0.4, -0.2) is 19.1 Å². The highest BCUT2D eigenvalue weighted by atomic mass is 16.5. The van der Waals surface area contributed by atoms with Gasteiger partial charge >= 0.3 is 0 Å². The lowest BCUT2D eigenvalue weighted by Crippen LogP contribution is -2.30. The average Bonchev–Trinajstić information content (AvgIpc) is 2.27. The van der Waals surface area contributed by atoms with Gasteiger partial charge < -0.3 is 10.1 Å². The van der Waals surface area contributed by atoms with E-state index >= 15 is 0 Å². The van der Waals surface area contributed by atoms with E-state index < -0.39 is 0 Å². The summed E-state index contributed by atoms with van der Waals surface area (Å²) in [5.74, 6) is 0.559. The Morgan fingerprint density at radius 1 is 1.44 bits per heavy atom. The number of carbonyl (C=O) groups excluding carboxylic acids is 1. The zero-order valence-electron chi connectivity index (χ0n) is 9.91. The van der Waals surface area contributed by atoms with Crippen molar-refractivity contribution in [3.8, 4) is 5.75 Å². The van der Waals surface area contributed by atoms with Crippen molar-refractivity contribution in [3.05, 3.63) is 35.9 Å². The molecule has 0 atom stereocenters. The van der Waals surface area contributed by atoms with Crippen molar-refractivity contribution in [2.75, 3.05) is 7.11 Å². The molecule has 86 valence electrons. The second kappa shape index (κ2) is 5.35. The first-order chi connectivity index (χ1) is 7.56. The maximum atomic E-state index is 11.8. The van der Waals surface area contributed by atoms with Gasteiger partial charge in [0.05, 0.1) is 7.11 Å². The highest BCUT2D eigenvalue weighted by molar-refractivity contribution is 5.95. The van der Waals surface area contributed by atoms with Crippen molar-refractivity contribution in [2.24, 2.45) is 0 Å². The van der Waals surface area contributed by atoms with Crippen LogP contribution in [0.15, 0.2) is 24.8 Å². The number of rotatable bonds is 4. The van der Waals surface area contributed by atoms with Crippen molar-refractivity contribution in [1.82, 2.24) is 5.32 Å². The summed E-state index contributed by atoms with van der Waals surface area (Å²) in [6.45, 7) is 7.53. The van der Waals surface area contributed by atoms with Crippen molar-refractivity contribution in [2.45, 2.75) is 19.9 Å². The second-order valence-electron chi connectivity index (χ2n) is 3.83. The van der Waals surface area contributed by atoms with Crippen LogP contribution in [-0.2, 0) is 0 Å². The normalized spacial score (nSPS) is 10.0. The molecule has 16 heavy (non-hydrogen) atoms. The zero-order valence-corrected chi connectivity index (χ0v) is 9.91. The van der Waals surface area contributed by atoms with Crippen molar-refractivity contribution < 1.29 is 9.53 Å². The lowest BCUT2D eigenvalue weighted by Gasteiger charge is -2.10. The largest absolute Gasteiger partial charge is 0.497 e. The Bertz CT molecular complexity index is 397. The Morgan fingerprint density at radius 2 is 2.12 bits per heavy atom. The maximum Gasteiger partial charge on any atom is 0.251 e. The standard InChI is InChI=1S/C13H17NO2/c1-5-10-6-11(8-12(7-10)16-4)13(15)14-9(2)3/h5-9H,1H2,2-4H3,(H,14,15). The van der Waals surface area contributed by atoms with Crippen LogP contribution in [0.5, 0.6) is 5.75 Å². The van der Waals surface area contributed by atoms with Gasteiger partial charge in [0.25, 0.3) is 5.91 Å². The summed E-state index contributed by atoms with van der Waals surface area (Å²) in [6.07, 6.45) is 1.69. The number of nitrogens with one attached hydrogen (secondary N) is 1. The van der Waals surface area contributed by atoms with Gasteiger partial charge in [0.2, 0.25) is 0 Å². The van der Waals surface area contributed by atoms with Crippen LogP contribution in [0, 0.1) is 0 Å². The third-order valence-electron chi connectivity index (χ3n) is 2.08. The molecule has 1 aromatic rings. The molecule has 1 amide bonds. The van der Waals surface area contributed by atoms with Crippen LogP contribution in [0.4, 0.5) is 0 Å². The van der Waals surface area contributed by atoms with Crippen LogP contribution in [0.25, 0.3) is 6.08 Å². The van der Waals surface area contributed by atoms with E-state index in [1.807, 2.05) is 19.9 Å². The predicted octanol–water partition coefficient (Wildman–Crippen LogP) is 2.48. The van der Waals surface area contributed by atoms with Crippen LogP contribution < -0.4 is 10.1 Å². The van der Waals surface area contributed by atoms with Gasteiger partial charge in [-0.15, -0.1) is 0 Å². The molecule has 0 unspecified atom stereocenters. The molecule has 0 aliphatic carbocycles. The predicted molar refractivity (Wildman–Crippen MR) is 65.7 cm³/mol. The molecule has 0 aliphatic heterocycles. The summed E-state index contributed by atoms with van der Waals surface area (Å²) in [6, 6.07) is 5.45. The molecule has 0 aromatic heterocycles. The maximum absolute atomic E-state index is 11.8. The first-order valence-corrected chi connectivity index (χ1v) is 5.19. The Balaban J connectivity index is 3.03. The van der Waals surface area contributed by atoms with Crippen LogP contribution >= 0.6 is 0 Å². The molecule has 0 saturated carbocycles. The number of benzene rings is 1. The molecule has 3 nitrogen and oxygen atoms in total. The molecule has 0 heterocycles. The van der Waals surface area contributed by atoms with Gasteiger partial charge in [-0.25, -0.2) is 0 Å². The lowest BCUT2D eigenvalue weighted by atomic mass is 10.1. The Labute approximate surface area is 96.1 Å². The van der Waals surface area contributed by atoms with Gasteiger partial charge in [-0.1, -0.05) is 12.7 Å². The highest BCUT2D eigenvalue weighted by Crippen LogP contribution is 2.17. The van der Waals surface area contributed by atoms with Crippen LogP contribution in [0.2, 0.25) is 0 Å². The van der Waals surface area contributed by atoms with Gasteiger partial charge in [-0.3, -0.25) is 4.79 Å². The van der Waals surface area contributed by atoms with Crippen LogP contribution in [0.1, 0.15) is 29.8 Å². The smallest absolute Gasteiger partial charge is 0.251 e. The second-order valence-corrected chi connectivity index (χ2v) is 3.83. The minimum atomic E-state index is -0.1000. The van der Waals surface area contributed by atoms with E-state index in [0.29, 0.717) is 11.3 Å². The first-order valence-electron chi connectivity index (χ1n) is 5.19. The summed E-state index contributed by atoms with van der Waals surface area (Å²) < 4.78 is 5.12. The Hall–Kier alpha value is -1.77. The van der Waals surface area contributed by atoms with Crippen molar-refractivity contribution >= 4 is 12.0 Å². The fourth-order valence-electron chi connectivity index (χ4n) is 1.33. The Kier molecular flexibility index (Phi) is 4.11. The Morgan fingerprint density at radius 3 is 2.62 bits per heavy atom. The summed E-state index contributed by atoms with van der Waals surface area (Å²) in [7, 11) is 1.58. The molecule has 3 heteroatoms. The fourth-order valence-corrected chi connectivity index (χ4v) is 1.33. The minimum absolute atomic E-state index is 0.1000. The first kappa shape index (κ1) is 12.3. The highest BCUT2D eigenvalue weighted by Gasteiger charge is 2.09. The van der Waals surface area contributed by atoms with E-state index in [0.717, 1.165) is 5.56 Å². The van der Waals surface area contributed by atoms with E-state index in [-0.39, 0.29) is 11.9 Å². The molecule has 0 radical (unpaired) electrons. The number of ether oxygens (including phenoxy) is 1. The number of hydrogen-bond acceptors (Lipinski definition) is 2. The van der Waals surface area contributed by atoms with Gasteiger partial charge in [0.1, 0.15) is 5.75 Å². The molecule has 1 aromatic carbocycles. The minimum Gasteiger partial charge on any atom is -0.497 e. The monoisotopic (exact) mass is 219 g/mol.